The van der Waals surface area contributed by atoms with Gasteiger partial charge in [0.25, 0.3) is 0 Å². The normalized spacial score (nSPS) is 12.5. The molecule has 0 amide bonds. The first-order chi connectivity index (χ1) is 11.2. The fourth-order valence-corrected chi connectivity index (χ4v) is 2.83. The monoisotopic (exact) mass is 354 g/mol. The van der Waals surface area contributed by atoms with Gasteiger partial charge in [-0.25, -0.2) is 0 Å². The molecule has 0 aliphatic heterocycles. The summed E-state index contributed by atoms with van der Waals surface area (Å²) in [5.74, 6) is 0.857. The van der Waals surface area contributed by atoms with Gasteiger partial charge in [-0.1, -0.05) is 24.3 Å². The van der Waals surface area contributed by atoms with Crippen molar-refractivity contribution in [2.45, 2.75) is 51.1 Å². The summed E-state index contributed by atoms with van der Waals surface area (Å²) >= 11 is 1.64. The predicted molar refractivity (Wildman–Crippen MR) is 94.7 cm³/mol. The van der Waals surface area contributed by atoms with Gasteiger partial charge < -0.3 is 14.6 Å². The number of hydrogen-bond acceptors (Lipinski definition) is 6. The fraction of sp³-hybridized carbons (Fsp3) is 0.556. The van der Waals surface area contributed by atoms with E-state index in [0.29, 0.717) is 17.7 Å². The van der Waals surface area contributed by atoms with Crippen LogP contribution in [0.4, 0.5) is 0 Å². The largest absolute Gasteiger partial charge is 0.469 e. The van der Waals surface area contributed by atoms with Gasteiger partial charge in [-0.3, -0.25) is 9.59 Å². The minimum atomic E-state index is -0.874. The Labute approximate surface area is 147 Å². The number of aliphatic hydroxyl groups excluding tert-OH is 1. The number of ether oxygens (including phenoxy) is 2. The molecule has 0 aromatic heterocycles. The van der Waals surface area contributed by atoms with Crippen LogP contribution in [0.3, 0.4) is 0 Å². The van der Waals surface area contributed by atoms with Gasteiger partial charge in [-0.05, 0) is 31.9 Å². The first-order valence-electron chi connectivity index (χ1n) is 7.84. The molecule has 0 saturated heterocycles. The molecule has 0 aliphatic carbocycles. The van der Waals surface area contributed by atoms with Gasteiger partial charge in [0, 0.05) is 11.5 Å². The molecule has 134 valence electrons. The van der Waals surface area contributed by atoms with Gasteiger partial charge in [-0.2, -0.15) is 11.8 Å². The molecule has 1 atom stereocenters. The zero-order chi connectivity index (χ0) is 18.2. The van der Waals surface area contributed by atoms with Gasteiger partial charge in [0.1, 0.15) is 5.60 Å². The van der Waals surface area contributed by atoms with Gasteiger partial charge in [0.05, 0.1) is 26.1 Å². The average molecular weight is 354 g/mol. The quantitative estimate of drug-likeness (QED) is 0.571. The van der Waals surface area contributed by atoms with Crippen LogP contribution < -0.4 is 0 Å². The van der Waals surface area contributed by atoms with Gasteiger partial charge >= 0.3 is 11.9 Å². The number of methoxy groups -OCH3 is 1. The highest BCUT2D eigenvalue weighted by molar-refractivity contribution is 7.98. The Morgan fingerprint density at radius 1 is 1.17 bits per heavy atom. The van der Waals surface area contributed by atoms with Gasteiger partial charge in [0.15, 0.2) is 0 Å². The number of esters is 2. The lowest BCUT2D eigenvalue weighted by atomic mass is 10.0. The first kappa shape index (κ1) is 20.5. The summed E-state index contributed by atoms with van der Waals surface area (Å²) in [5.41, 5.74) is 1.23. The van der Waals surface area contributed by atoms with Crippen molar-refractivity contribution in [1.29, 1.82) is 0 Å². The summed E-state index contributed by atoms with van der Waals surface area (Å²) in [5, 5.41) is 10.1. The van der Waals surface area contributed by atoms with Crippen LogP contribution in [0.25, 0.3) is 0 Å². The van der Waals surface area contributed by atoms with Crippen LogP contribution in [0, 0.1) is 0 Å². The second-order valence-electron chi connectivity index (χ2n) is 6.43. The van der Waals surface area contributed by atoms with Crippen molar-refractivity contribution in [3.05, 3.63) is 35.4 Å². The maximum Gasteiger partial charge on any atom is 0.309 e. The smallest absolute Gasteiger partial charge is 0.309 e. The Kier molecular flexibility index (Phi) is 8.28. The Hall–Kier alpha value is -1.53. The van der Waals surface area contributed by atoms with E-state index >= 15 is 0 Å². The number of carbonyl (C=O) groups is 2. The molecular formula is C18H26O5S. The third-order valence-electron chi connectivity index (χ3n) is 3.09. The van der Waals surface area contributed by atoms with E-state index in [2.05, 4.69) is 4.74 Å². The van der Waals surface area contributed by atoms with E-state index in [0.717, 1.165) is 11.3 Å². The lowest BCUT2D eigenvalue weighted by molar-refractivity contribution is -0.157. The second-order valence-corrected chi connectivity index (χ2v) is 7.53. The lowest BCUT2D eigenvalue weighted by Gasteiger charge is -2.20. The van der Waals surface area contributed by atoms with Crippen LogP contribution in [0.1, 0.15) is 50.8 Å². The highest BCUT2D eigenvalue weighted by atomic mass is 32.2. The minimum Gasteiger partial charge on any atom is -0.469 e. The molecule has 1 unspecified atom stereocenters. The van der Waals surface area contributed by atoms with E-state index in [4.69, 9.17) is 4.74 Å². The number of carbonyl (C=O) groups excluding carboxylic acids is 2. The molecule has 0 spiro atoms. The third kappa shape index (κ3) is 8.36. The second kappa shape index (κ2) is 9.69. The summed E-state index contributed by atoms with van der Waals surface area (Å²) in [6, 6.07) is 7.45. The van der Waals surface area contributed by atoms with E-state index in [1.807, 2.05) is 24.3 Å². The summed E-state index contributed by atoms with van der Waals surface area (Å²) < 4.78 is 9.80. The van der Waals surface area contributed by atoms with E-state index in [9.17, 15) is 14.7 Å². The summed E-state index contributed by atoms with van der Waals surface area (Å²) in [6.45, 7) is 5.39. The molecule has 1 rings (SSSR count). The van der Waals surface area contributed by atoms with Crippen molar-refractivity contribution < 1.29 is 24.2 Å². The van der Waals surface area contributed by atoms with Crippen LogP contribution in [-0.4, -0.2) is 35.5 Å². The molecule has 1 aromatic rings. The maximum atomic E-state index is 11.7. The number of hydrogen-bond donors (Lipinski definition) is 1. The van der Waals surface area contributed by atoms with Crippen LogP contribution >= 0.6 is 11.8 Å². The molecule has 0 radical (unpaired) electrons. The topological polar surface area (TPSA) is 72.8 Å². The molecule has 0 fully saturated rings. The predicted octanol–water partition coefficient (Wildman–Crippen LogP) is 3.25. The van der Waals surface area contributed by atoms with E-state index in [1.165, 1.54) is 7.11 Å². The van der Waals surface area contributed by atoms with Crippen LogP contribution in [-0.2, 0) is 24.8 Å². The SMILES string of the molecule is COC(=O)CCSCc1ccc(C(O)CC(=O)OC(C)(C)C)cc1. The number of rotatable bonds is 8. The maximum absolute atomic E-state index is 11.7. The lowest BCUT2D eigenvalue weighted by Crippen LogP contribution is -2.24. The standard InChI is InChI=1S/C18H26O5S/c1-18(2,3)23-17(21)11-15(19)14-7-5-13(6-8-14)12-24-10-9-16(20)22-4/h5-8,15,19H,9-12H2,1-4H3. The van der Waals surface area contributed by atoms with Gasteiger partial charge in [-0.15, -0.1) is 0 Å². The number of aliphatic hydroxyl groups is 1. The van der Waals surface area contributed by atoms with Gasteiger partial charge in [0.2, 0.25) is 0 Å². The zero-order valence-corrected chi connectivity index (χ0v) is 15.5. The Bertz CT molecular complexity index is 533. The van der Waals surface area contributed by atoms with Crippen LogP contribution in [0.2, 0.25) is 0 Å². The molecule has 24 heavy (non-hydrogen) atoms. The van der Waals surface area contributed by atoms with Crippen molar-refractivity contribution in [3.63, 3.8) is 0 Å². The van der Waals surface area contributed by atoms with Crippen LogP contribution in [0.5, 0.6) is 0 Å². The average Bonchev–Trinajstić information content (AvgIpc) is 2.49. The molecule has 0 saturated carbocycles. The Morgan fingerprint density at radius 2 is 1.79 bits per heavy atom. The van der Waals surface area contributed by atoms with Crippen molar-refractivity contribution in [2.24, 2.45) is 0 Å². The summed E-state index contributed by atoms with van der Waals surface area (Å²) in [7, 11) is 1.38. The number of thioether (sulfide) groups is 1. The molecular weight excluding hydrogens is 328 g/mol. The molecule has 0 aliphatic rings. The Morgan fingerprint density at radius 3 is 2.33 bits per heavy atom. The van der Waals surface area contributed by atoms with Crippen molar-refractivity contribution in [2.75, 3.05) is 12.9 Å². The Balaban J connectivity index is 2.43. The first-order valence-corrected chi connectivity index (χ1v) is 9.00. The summed E-state index contributed by atoms with van der Waals surface area (Å²) in [4.78, 5) is 22.8. The highest BCUT2D eigenvalue weighted by Crippen LogP contribution is 2.21. The third-order valence-corrected chi connectivity index (χ3v) is 4.12. The molecule has 5 nitrogen and oxygen atoms in total. The van der Waals surface area contributed by atoms with E-state index in [1.54, 1.807) is 32.5 Å². The van der Waals surface area contributed by atoms with Crippen molar-refractivity contribution in [3.8, 4) is 0 Å². The fourth-order valence-electron chi connectivity index (χ4n) is 1.94. The molecule has 6 heteroatoms. The molecule has 0 heterocycles. The van der Waals surface area contributed by atoms with Crippen molar-refractivity contribution >= 4 is 23.7 Å². The highest BCUT2D eigenvalue weighted by Gasteiger charge is 2.20. The molecule has 0 bridgehead atoms. The number of benzene rings is 1. The minimum absolute atomic E-state index is 0.0650. The zero-order valence-electron chi connectivity index (χ0n) is 14.7. The summed E-state index contributed by atoms with van der Waals surface area (Å²) in [6.07, 6.45) is -0.542. The molecule has 1 N–H and O–H groups in total. The van der Waals surface area contributed by atoms with E-state index in [-0.39, 0.29) is 12.4 Å². The van der Waals surface area contributed by atoms with E-state index < -0.39 is 17.7 Å². The van der Waals surface area contributed by atoms with Crippen LogP contribution in [0.15, 0.2) is 24.3 Å². The molecule has 1 aromatic carbocycles. The van der Waals surface area contributed by atoms with Crippen molar-refractivity contribution in [1.82, 2.24) is 0 Å².